The molecule has 1 aliphatic rings. The number of methoxy groups -OCH3 is 1. The zero-order chi connectivity index (χ0) is 12.7. The molecule has 1 aromatic carbocycles. The molecule has 0 spiro atoms. The van der Waals surface area contributed by atoms with Gasteiger partial charge >= 0.3 is 0 Å². The molecular weight excluding hydrogens is 341 g/mol. The van der Waals surface area contributed by atoms with Crippen molar-refractivity contribution in [1.29, 1.82) is 0 Å². The minimum Gasteiger partial charge on any atom is -0.379 e. The number of ether oxygens (including phenoxy) is 1. The van der Waals surface area contributed by atoms with Gasteiger partial charge in [-0.05, 0) is 60.1 Å². The van der Waals surface area contributed by atoms with E-state index in [1.807, 2.05) is 0 Å². The Balaban J connectivity index is 2.13. The van der Waals surface area contributed by atoms with Crippen LogP contribution in [0.4, 0.5) is 5.95 Å². The molecule has 1 fully saturated rings. The van der Waals surface area contributed by atoms with E-state index in [0.29, 0.717) is 12.0 Å². The van der Waals surface area contributed by atoms with Crippen molar-refractivity contribution >= 4 is 39.6 Å². The molecule has 0 radical (unpaired) electrons. The number of hydrogen-bond donors (Lipinski definition) is 1. The van der Waals surface area contributed by atoms with Crippen LogP contribution in [0.25, 0.3) is 11.0 Å². The monoisotopic (exact) mass is 357 g/mol. The third kappa shape index (κ3) is 1.89. The van der Waals surface area contributed by atoms with Crippen molar-refractivity contribution in [3.8, 4) is 0 Å². The summed E-state index contributed by atoms with van der Waals surface area (Å²) in [5.74, 6) is 0.598. The number of nitrogen functional groups attached to an aromatic ring is 1. The van der Waals surface area contributed by atoms with Gasteiger partial charge in [-0.25, -0.2) is 4.98 Å². The number of aromatic nitrogens is 2. The molecule has 1 heterocycles. The van der Waals surface area contributed by atoms with Gasteiger partial charge in [-0.15, -0.1) is 0 Å². The van der Waals surface area contributed by atoms with Gasteiger partial charge in [0.2, 0.25) is 5.95 Å². The Morgan fingerprint density at radius 1 is 1.44 bits per heavy atom. The van der Waals surface area contributed by atoms with E-state index in [-0.39, 0.29) is 6.10 Å². The highest BCUT2D eigenvalue weighted by atomic mass is 127. The first-order valence-corrected chi connectivity index (χ1v) is 7.24. The van der Waals surface area contributed by atoms with Crippen molar-refractivity contribution in [2.45, 2.75) is 31.4 Å². The van der Waals surface area contributed by atoms with Crippen LogP contribution >= 0.6 is 22.6 Å². The Kier molecular flexibility index (Phi) is 3.19. The van der Waals surface area contributed by atoms with Crippen LogP contribution in [-0.4, -0.2) is 22.8 Å². The van der Waals surface area contributed by atoms with Crippen LogP contribution < -0.4 is 5.73 Å². The van der Waals surface area contributed by atoms with E-state index < -0.39 is 0 Å². The van der Waals surface area contributed by atoms with Gasteiger partial charge in [0.05, 0.1) is 23.2 Å². The number of rotatable bonds is 2. The number of nitrogens with two attached hydrogens (primary N) is 1. The molecular formula is C13H16IN3O. The number of benzene rings is 1. The number of halogens is 1. The molecule has 0 amide bonds. The van der Waals surface area contributed by atoms with Crippen LogP contribution in [0.15, 0.2) is 18.2 Å². The maximum Gasteiger partial charge on any atom is 0.201 e. The standard InChI is InChI=1S/C13H16IN3O/c1-18-12-4-2-3-11(12)17-10-6-5-8(14)7-9(10)16-13(17)15/h5-7,11-12H,2-4H2,1H3,(H2,15,16). The first-order chi connectivity index (χ1) is 8.70. The molecule has 18 heavy (non-hydrogen) atoms. The Bertz CT molecular complexity index is 581. The van der Waals surface area contributed by atoms with Gasteiger partial charge in [-0.2, -0.15) is 0 Å². The van der Waals surface area contributed by atoms with Gasteiger partial charge < -0.3 is 15.0 Å². The van der Waals surface area contributed by atoms with Crippen molar-refractivity contribution in [1.82, 2.24) is 9.55 Å². The first-order valence-electron chi connectivity index (χ1n) is 6.16. The van der Waals surface area contributed by atoms with Crippen LogP contribution in [0.3, 0.4) is 0 Å². The Morgan fingerprint density at radius 2 is 2.28 bits per heavy atom. The Morgan fingerprint density at radius 3 is 3.06 bits per heavy atom. The van der Waals surface area contributed by atoms with Crippen LogP contribution in [0.1, 0.15) is 25.3 Å². The lowest BCUT2D eigenvalue weighted by Gasteiger charge is -2.21. The molecule has 2 N–H and O–H groups in total. The van der Waals surface area contributed by atoms with Gasteiger partial charge in [-0.1, -0.05) is 0 Å². The van der Waals surface area contributed by atoms with E-state index in [9.17, 15) is 0 Å². The largest absolute Gasteiger partial charge is 0.379 e. The number of hydrogen-bond acceptors (Lipinski definition) is 3. The molecule has 1 aromatic heterocycles. The zero-order valence-corrected chi connectivity index (χ0v) is 12.4. The third-order valence-electron chi connectivity index (χ3n) is 3.73. The second-order valence-electron chi connectivity index (χ2n) is 4.75. The second-order valence-corrected chi connectivity index (χ2v) is 5.99. The third-order valence-corrected chi connectivity index (χ3v) is 4.40. The van der Waals surface area contributed by atoms with E-state index in [0.717, 1.165) is 23.9 Å². The normalized spacial score (nSPS) is 23.9. The smallest absolute Gasteiger partial charge is 0.201 e. The molecule has 4 nitrogen and oxygen atoms in total. The SMILES string of the molecule is COC1CCCC1n1c(N)nc2cc(I)ccc21. The van der Waals surface area contributed by atoms with Crippen molar-refractivity contribution in [3.05, 3.63) is 21.8 Å². The van der Waals surface area contributed by atoms with Crippen molar-refractivity contribution in [2.24, 2.45) is 0 Å². The molecule has 0 bridgehead atoms. The number of fused-ring (bicyclic) bond motifs is 1. The van der Waals surface area contributed by atoms with Crippen LogP contribution in [0, 0.1) is 3.57 Å². The molecule has 0 aliphatic heterocycles. The number of nitrogens with zero attached hydrogens (tertiary/aromatic N) is 2. The van der Waals surface area contributed by atoms with Gasteiger partial charge in [0.25, 0.3) is 0 Å². The van der Waals surface area contributed by atoms with E-state index in [1.165, 1.54) is 9.99 Å². The van der Waals surface area contributed by atoms with Crippen molar-refractivity contribution in [2.75, 3.05) is 12.8 Å². The number of imidazole rings is 1. The molecule has 96 valence electrons. The highest BCUT2D eigenvalue weighted by molar-refractivity contribution is 14.1. The fourth-order valence-corrected chi connectivity index (χ4v) is 3.39. The second kappa shape index (κ2) is 4.70. The summed E-state index contributed by atoms with van der Waals surface area (Å²) in [6, 6.07) is 6.59. The minimum absolute atomic E-state index is 0.254. The minimum atomic E-state index is 0.254. The molecule has 1 aliphatic carbocycles. The fourth-order valence-electron chi connectivity index (χ4n) is 2.92. The van der Waals surface area contributed by atoms with Gasteiger partial charge in [0, 0.05) is 10.7 Å². The lowest BCUT2D eigenvalue weighted by atomic mass is 10.2. The molecule has 3 rings (SSSR count). The van der Waals surface area contributed by atoms with E-state index >= 15 is 0 Å². The Hall–Kier alpha value is -0.820. The lowest BCUT2D eigenvalue weighted by Crippen LogP contribution is -2.21. The summed E-state index contributed by atoms with van der Waals surface area (Å²) < 4.78 is 8.90. The average Bonchev–Trinajstić information content (AvgIpc) is 2.90. The van der Waals surface area contributed by atoms with Crippen LogP contribution in [0.2, 0.25) is 0 Å². The summed E-state index contributed by atoms with van der Waals surface area (Å²) in [4.78, 5) is 4.47. The molecule has 1 saturated carbocycles. The molecule has 0 saturated heterocycles. The quantitative estimate of drug-likeness (QED) is 0.841. The lowest BCUT2D eigenvalue weighted by molar-refractivity contribution is 0.0768. The molecule has 2 unspecified atom stereocenters. The van der Waals surface area contributed by atoms with Crippen LogP contribution in [-0.2, 0) is 4.74 Å². The van der Waals surface area contributed by atoms with E-state index in [4.69, 9.17) is 10.5 Å². The summed E-state index contributed by atoms with van der Waals surface area (Å²) >= 11 is 2.29. The summed E-state index contributed by atoms with van der Waals surface area (Å²) in [6.07, 6.45) is 3.65. The summed E-state index contributed by atoms with van der Waals surface area (Å²) in [6.45, 7) is 0. The maximum atomic E-state index is 6.09. The average molecular weight is 357 g/mol. The highest BCUT2D eigenvalue weighted by Gasteiger charge is 2.31. The van der Waals surface area contributed by atoms with Crippen molar-refractivity contribution < 1.29 is 4.74 Å². The van der Waals surface area contributed by atoms with Crippen molar-refractivity contribution in [3.63, 3.8) is 0 Å². The van der Waals surface area contributed by atoms with Gasteiger partial charge in [0.1, 0.15) is 0 Å². The first kappa shape index (κ1) is 12.2. The predicted octanol–water partition coefficient (Wildman–Crippen LogP) is 2.96. The van der Waals surface area contributed by atoms with Crippen LogP contribution in [0.5, 0.6) is 0 Å². The van der Waals surface area contributed by atoms with E-state index in [1.54, 1.807) is 7.11 Å². The Labute approximate surface area is 120 Å². The van der Waals surface area contributed by atoms with E-state index in [2.05, 4.69) is 50.3 Å². The molecule has 5 heteroatoms. The summed E-state index contributed by atoms with van der Waals surface area (Å²) in [5, 5.41) is 0. The highest BCUT2D eigenvalue weighted by Crippen LogP contribution is 2.36. The number of anilines is 1. The molecule has 2 atom stereocenters. The molecule has 2 aromatic rings. The van der Waals surface area contributed by atoms with Gasteiger partial charge in [-0.3, -0.25) is 0 Å². The van der Waals surface area contributed by atoms with Gasteiger partial charge in [0.15, 0.2) is 0 Å². The summed E-state index contributed by atoms with van der Waals surface area (Å²) in [7, 11) is 1.78. The predicted molar refractivity (Wildman–Crippen MR) is 80.5 cm³/mol. The summed E-state index contributed by atoms with van der Waals surface area (Å²) in [5.41, 5.74) is 8.18. The topological polar surface area (TPSA) is 53.1 Å². The maximum absolute atomic E-state index is 6.09. The zero-order valence-electron chi connectivity index (χ0n) is 10.3. The fraction of sp³-hybridized carbons (Fsp3) is 0.462.